The van der Waals surface area contributed by atoms with Crippen molar-refractivity contribution in [3.05, 3.63) is 49.0 Å². The maximum Gasteiger partial charge on any atom is 0.288 e. The molecule has 1 aliphatic heterocycles. The van der Waals surface area contributed by atoms with Gasteiger partial charge >= 0.3 is 0 Å². The van der Waals surface area contributed by atoms with Crippen molar-refractivity contribution < 1.29 is 0 Å². The zero-order chi connectivity index (χ0) is 14.1. The van der Waals surface area contributed by atoms with Gasteiger partial charge in [0.15, 0.2) is 0 Å². The van der Waals surface area contributed by atoms with Gasteiger partial charge in [-0.2, -0.15) is 5.10 Å². The Morgan fingerprint density at radius 1 is 1.45 bits per heavy atom. The lowest BCUT2D eigenvalue weighted by Crippen LogP contribution is -2.33. The van der Waals surface area contributed by atoms with Gasteiger partial charge in [-0.15, -0.1) is 11.3 Å². The van der Waals surface area contributed by atoms with Crippen LogP contribution in [0.25, 0.3) is 0 Å². The van der Waals surface area contributed by atoms with E-state index in [1.165, 1.54) is 15.8 Å². The van der Waals surface area contributed by atoms with Gasteiger partial charge in [-0.05, 0) is 24.3 Å². The predicted octanol–water partition coefficient (Wildman–Crippen LogP) is 3.41. The molecule has 2 aromatic rings. The Morgan fingerprint density at radius 2 is 2.30 bits per heavy atom. The first-order valence-electron chi connectivity index (χ1n) is 6.35. The van der Waals surface area contributed by atoms with E-state index >= 15 is 0 Å². The lowest BCUT2D eigenvalue weighted by Gasteiger charge is -2.23. The van der Waals surface area contributed by atoms with Crippen LogP contribution in [0.5, 0.6) is 0 Å². The summed E-state index contributed by atoms with van der Waals surface area (Å²) in [6.07, 6.45) is 3.65. The van der Waals surface area contributed by atoms with Gasteiger partial charge in [0.05, 0.1) is 17.9 Å². The van der Waals surface area contributed by atoms with Crippen LogP contribution in [-0.2, 0) is 6.67 Å². The number of likely N-dealkylation sites (tertiary alicyclic amines) is 1. The van der Waals surface area contributed by atoms with Crippen molar-refractivity contribution in [3.63, 3.8) is 0 Å². The van der Waals surface area contributed by atoms with Gasteiger partial charge in [0.2, 0.25) is 0 Å². The maximum absolute atomic E-state index is 12.0. The van der Waals surface area contributed by atoms with Crippen LogP contribution >= 0.6 is 34.5 Å². The van der Waals surface area contributed by atoms with E-state index in [4.69, 9.17) is 23.2 Å². The number of thiophene rings is 1. The molecule has 106 valence electrons. The molecule has 1 fully saturated rings. The van der Waals surface area contributed by atoms with Gasteiger partial charge in [0.1, 0.15) is 5.02 Å². The first-order valence-corrected chi connectivity index (χ1v) is 7.99. The number of nitrogens with zero attached hydrogens (tertiary/aromatic N) is 3. The molecule has 20 heavy (non-hydrogen) atoms. The second-order valence-corrected chi connectivity index (χ2v) is 6.50. The van der Waals surface area contributed by atoms with Crippen molar-refractivity contribution in [1.82, 2.24) is 14.7 Å². The van der Waals surface area contributed by atoms with Crippen LogP contribution in [-0.4, -0.2) is 21.2 Å². The highest BCUT2D eigenvalue weighted by atomic mass is 35.5. The van der Waals surface area contributed by atoms with Crippen molar-refractivity contribution in [2.24, 2.45) is 0 Å². The molecule has 0 aliphatic carbocycles. The summed E-state index contributed by atoms with van der Waals surface area (Å²) in [5.74, 6) is 0. The number of hydrogen-bond acceptors (Lipinski definition) is 4. The summed E-state index contributed by atoms with van der Waals surface area (Å²) in [5.41, 5.74) is -0.337. The molecule has 0 amide bonds. The smallest absolute Gasteiger partial charge is 0.276 e. The van der Waals surface area contributed by atoms with E-state index in [2.05, 4.69) is 27.5 Å². The van der Waals surface area contributed by atoms with Crippen LogP contribution < -0.4 is 5.56 Å². The van der Waals surface area contributed by atoms with Crippen LogP contribution in [0.3, 0.4) is 0 Å². The third-order valence-corrected chi connectivity index (χ3v) is 5.22. The highest BCUT2D eigenvalue weighted by Gasteiger charge is 2.27. The summed E-state index contributed by atoms with van der Waals surface area (Å²) in [6, 6.07) is 4.55. The van der Waals surface area contributed by atoms with E-state index in [0.29, 0.717) is 12.7 Å². The largest absolute Gasteiger partial charge is 0.288 e. The zero-order valence-corrected chi connectivity index (χ0v) is 13.0. The summed E-state index contributed by atoms with van der Waals surface area (Å²) < 4.78 is 1.38. The second kappa shape index (κ2) is 5.85. The molecule has 0 aromatic carbocycles. The van der Waals surface area contributed by atoms with Crippen LogP contribution in [0.2, 0.25) is 10.0 Å². The summed E-state index contributed by atoms with van der Waals surface area (Å²) in [4.78, 5) is 15.6. The van der Waals surface area contributed by atoms with Crippen molar-refractivity contribution in [1.29, 1.82) is 0 Å². The Morgan fingerprint density at radius 3 is 3.05 bits per heavy atom. The highest BCUT2D eigenvalue weighted by molar-refractivity contribution is 7.10. The highest BCUT2D eigenvalue weighted by Crippen LogP contribution is 2.34. The molecule has 3 heterocycles. The van der Waals surface area contributed by atoms with Gasteiger partial charge in [-0.1, -0.05) is 29.3 Å². The van der Waals surface area contributed by atoms with Crippen LogP contribution in [0.4, 0.5) is 0 Å². The minimum atomic E-state index is -0.337. The number of halogens is 2. The molecule has 0 radical (unpaired) electrons. The monoisotopic (exact) mass is 329 g/mol. The topological polar surface area (TPSA) is 38.1 Å². The van der Waals surface area contributed by atoms with Gasteiger partial charge in [-0.3, -0.25) is 9.69 Å². The van der Waals surface area contributed by atoms with Gasteiger partial charge in [-0.25, -0.2) is 4.68 Å². The Hall–Kier alpha value is -0.880. The lowest BCUT2D eigenvalue weighted by atomic mass is 10.2. The second-order valence-electron chi connectivity index (χ2n) is 4.74. The molecule has 1 unspecified atom stereocenters. The SMILES string of the molecule is O=c1c(Cl)c(Cl)cnn1CN1CCCC1c1cccs1. The normalized spacial score (nSPS) is 19.6. The molecule has 1 saturated heterocycles. The Kier molecular flexibility index (Phi) is 4.12. The summed E-state index contributed by atoms with van der Waals surface area (Å²) in [7, 11) is 0. The molecule has 1 atom stereocenters. The Bertz CT molecular complexity index is 656. The maximum atomic E-state index is 12.0. The molecular formula is C13H13Cl2N3OS. The number of aromatic nitrogens is 2. The molecule has 0 bridgehead atoms. The van der Waals surface area contributed by atoms with Crippen LogP contribution in [0.15, 0.2) is 28.5 Å². The summed E-state index contributed by atoms with van der Waals surface area (Å²) in [6.45, 7) is 1.40. The third-order valence-electron chi connectivity index (χ3n) is 3.49. The molecule has 7 heteroatoms. The first-order chi connectivity index (χ1) is 9.66. The average molecular weight is 330 g/mol. The third kappa shape index (κ3) is 2.63. The van der Waals surface area contributed by atoms with Crippen molar-refractivity contribution in [2.45, 2.75) is 25.6 Å². The molecule has 2 aromatic heterocycles. The predicted molar refractivity (Wildman–Crippen MR) is 81.5 cm³/mol. The molecule has 0 N–H and O–H groups in total. The minimum Gasteiger partial charge on any atom is -0.276 e. The molecule has 4 nitrogen and oxygen atoms in total. The van der Waals surface area contributed by atoms with Gasteiger partial charge in [0.25, 0.3) is 5.56 Å². The van der Waals surface area contributed by atoms with Crippen LogP contribution in [0.1, 0.15) is 23.8 Å². The summed E-state index contributed by atoms with van der Waals surface area (Å²) in [5, 5.41) is 6.38. The standard InChI is InChI=1S/C13H13Cl2N3OS/c14-9-7-16-18(13(19)12(9)15)8-17-5-1-3-10(17)11-4-2-6-20-11/h2,4,6-7,10H,1,3,5,8H2. The Labute approximate surface area is 130 Å². The zero-order valence-electron chi connectivity index (χ0n) is 10.6. The van der Waals surface area contributed by atoms with Gasteiger partial charge < -0.3 is 0 Å². The fraction of sp³-hybridized carbons (Fsp3) is 0.385. The Balaban J connectivity index is 1.84. The minimum absolute atomic E-state index is 0.0357. The number of rotatable bonds is 3. The van der Waals surface area contributed by atoms with Crippen molar-refractivity contribution >= 4 is 34.5 Å². The van der Waals surface area contributed by atoms with Crippen molar-refractivity contribution in [2.75, 3.05) is 6.54 Å². The first kappa shape index (κ1) is 14.1. The molecule has 0 saturated carbocycles. The average Bonchev–Trinajstić information content (AvgIpc) is 3.09. The van der Waals surface area contributed by atoms with E-state index < -0.39 is 0 Å². The van der Waals surface area contributed by atoms with E-state index in [1.54, 1.807) is 11.3 Å². The van der Waals surface area contributed by atoms with Crippen LogP contribution in [0, 0.1) is 0 Å². The van der Waals surface area contributed by atoms with E-state index in [0.717, 1.165) is 19.4 Å². The van der Waals surface area contributed by atoms with Crippen molar-refractivity contribution in [3.8, 4) is 0 Å². The lowest BCUT2D eigenvalue weighted by molar-refractivity contribution is 0.189. The van der Waals surface area contributed by atoms with E-state index in [9.17, 15) is 4.79 Å². The molecule has 3 rings (SSSR count). The van der Waals surface area contributed by atoms with Gasteiger partial charge in [0, 0.05) is 17.5 Å². The van der Waals surface area contributed by atoms with E-state index in [1.807, 2.05) is 0 Å². The summed E-state index contributed by atoms with van der Waals surface area (Å²) >= 11 is 13.4. The molecule has 1 aliphatic rings. The molecule has 0 spiro atoms. The fourth-order valence-corrected chi connectivity index (χ4v) is 3.68. The number of hydrogen-bond donors (Lipinski definition) is 0. The fourth-order valence-electron chi connectivity index (χ4n) is 2.52. The molecular weight excluding hydrogens is 317 g/mol. The quantitative estimate of drug-likeness (QED) is 0.866. The van der Waals surface area contributed by atoms with E-state index in [-0.39, 0.29) is 15.6 Å².